The van der Waals surface area contributed by atoms with E-state index in [0.717, 1.165) is 11.8 Å². The van der Waals surface area contributed by atoms with Gasteiger partial charge >= 0.3 is 0 Å². The number of hydrogen-bond acceptors (Lipinski definition) is 2. The maximum absolute atomic E-state index is 12.8. The molecule has 0 unspecified atom stereocenters. The van der Waals surface area contributed by atoms with Crippen LogP contribution in [0.25, 0.3) is 0 Å². The second-order valence-electron chi connectivity index (χ2n) is 3.79. The Balaban J connectivity index is 1.98. The average molecular weight is 252 g/mol. The van der Waals surface area contributed by atoms with Crippen LogP contribution < -0.4 is 5.32 Å². The van der Waals surface area contributed by atoms with Crippen molar-refractivity contribution in [1.29, 1.82) is 0 Å². The Kier molecular flexibility index (Phi) is 3.82. The minimum absolute atomic E-state index is 0.00817. The number of alkyl halides is 2. The summed E-state index contributed by atoms with van der Waals surface area (Å²) in [6.07, 6.45) is 0.151. The summed E-state index contributed by atoms with van der Waals surface area (Å²) in [6, 6.07) is 7.31. The van der Waals surface area contributed by atoms with Crippen LogP contribution in [0, 0.1) is 5.82 Å². The molecule has 1 aromatic heterocycles. The molecule has 0 radical (unpaired) electrons. The smallest absolute Gasteiger partial charge is 0.263 e. The predicted octanol–water partition coefficient (Wildman–Crippen LogP) is 3.77. The summed E-state index contributed by atoms with van der Waals surface area (Å²) in [7, 11) is 0. The second kappa shape index (κ2) is 5.53. The molecule has 0 amide bonds. The molecular formula is C13H11F3N2. The highest BCUT2D eigenvalue weighted by Gasteiger charge is 2.05. The highest BCUT2D eigenvalue weighted by Crippen LogP contribution is 2.19. The number of pyridine rings is 1. The van der Waals surface area contributed by atoms with Gasteiger partial charge in [-0.25, -0.2) is 13.2 Å². The molecule has 1 N–H and O–H groups in total. The Morgan fingerprint density at radius 3 is 2.44 bits per heavy atom. The van der Waals surface area contributed by atoms with Gasteiger partial charge in [0.05, 0.1) is 18.1 Å². The quantitative estimate of drug-likeness (QED) is 0.895. The lowest BCUT2D eigenvalue weighted by molar-refractivity contribution is 0.151. The normalized spacial score (nSPS) is 10.7. The number of benzene rings is 1. The molecule has 2 nitrogen and oxygen atoms in total. The minimum atomic E-state index is -2.46. The van der Waals surface area contributed by atoms with Gasteiger partial charge in [0, 0.05) is 18.2 Å². The molecule has 0 fully saturated rings. The minimum Gasteiger partial charge on any atom is -0.380 e. The Labute approximate surface area is 102 Å². The second-order valence-corrected chi connectivity index (χ2v) is 3.79. The van der Waals surface area contributed by atoms with Crippen LogP contribution in [0.3, 0.4) is 0 Å². The van der Waals surface area contributed by atoms with Gasteiger partial charge in [-0.2, -0.15) is 0 Å². The van der Waals surface area contributed by atoms with Crippen LogP contribution in [-0.2, 0) is 6.54 Å². The van der Waals surface area contributed by atoms with Crippen molar-refractivity contribution < 1.29 is 13.2 Å². The third-order valence-electron chi connectivity index (χ3n) is 2.43. The maximum Gasteiger partial charge on any atom is 0.263 e. The fourth-order valence-corrected chi connectivity index (χ4v) is 1.49. The van der Waals surface area contributed by atoms with Crippen molar-refractivity contribution in [1.82, 2.24) is 4.98 Å². The maximum atomic E-state index is 12.8. The molecule has 0 saturated carbocycles. The van der Waals surface area contributed by atoms with Gasteiger partial charge in [-0.3, -0.25) is 4.98 Å². The molecule has 1 heterocycles. The van der Waals surface area contributed by atoms with Crippen molar-refractivity contribution in [3.63, 3.8) is 0 Å². The molecule has 0 aliphatic rings. The fraction of sp³-hybridized carbons (Fsp3) is 0.154. The van der Waals surface area contributed by atoms with Gasteiger partial charge < -0.3 is 5.32 Å². The van der Waals surface area contributed by atoms with Crippen LogP contribution in [0.4, 0.5) is 18.9 Å². The molecule has 0 aliphatic heterocycles. The predicted molar refractivity (Wildman–Crippen MR) is 62.9 cm³/mol. The molecular weight excluding hydrogens is 241 g/mol. The summed E-state index contributed by atoms with van der Waals surface area (Å²) in [6.45, 7) is 0.425. The molecule has 0 atom stereocenters. The third-order valence-corrected chi connectivity index (χ3v) is 2.43. The number of nitrogens with one attached hydrogen (secondary N) is 1. The Hall–Kier alpha value is -2.04. The van der Waals surface area contributed by atoms with Gasteiger partial charge in [0.2, 0.25) is 0 Å². The SMILES string of the molecule is Fc1cncc(NCc2ccc(C(F)F)cc2)c1. The summed E-state index contributed by atoms with van der Waals surface area (Å²) < 4.78 is 37.5. The van der Waals surface area contributed by atoms with E-state index < -0.39 is 12.2 Å². The first-order valence-electron chi connectivity index (χ1n) is 5.36. The number of nitrogens with zero attached hydrogens (tertiary/aromatic N) is 1. The monoisotopic (exact) mass is 252 g/mol. The number of aromatic nitrogens is 1. The van der Waals surface area contributed by atoms with E-state index in [4.69, 9.17) is 0 Å². The van der Waals surface area contributed by atoms with E-state index in [2.05, 4.69) is 10.3 Å². The first kappa shape index (κ1) is 12.4. The van der Waals surface area contributed by atoms with E-state index in [9.17, 15) is 13.2 Å². The van der Waals surface area contributed by atoms with Gasteiger partial charge in [0.15, 0.2) is 0 Å². The molecule has 2 aromatic rings. The lowest BCUT2D eigenvalue weighted by Crippen LogP contribution is -2.00. The molecule has 1 aromatic carbocycles. The van der Waals surface area contributed by atoms with Crippen molar-refractivity contribution in [2.75, 3.05) is 5.32 Å². The Morgan fingerprint density at radius 2 is 1.83 bits per heavy atom. The van der Waals surface area contributed by atoms with E-state index in [1.54, 1.807) is 12.1 Å². The van der Waals surface area contributed by atoms with Crippen LogP contribution in [0.1, 0.15) is 17.6 Å². The lowest BCUT2D eigenvalue weighted by atomic mass is 10.1. The summed E-state index contributed by atoms with van der Waals surface area (Å²) in [5.74, 6) is -0.423. The van der Waals surface area contributed by atoms with Gasteiger partial charge in [-0.05, 0) is 5.56 Å². The Morgan fingerprint density at radius 1 is 1.11 bits per heavy atom. The van der Waals surface area contributed by atoms with Gasteiger partial charge in [-0.15, -0.1) is 0 Å². The van der Waals surface area contributed by atoms with Crippen molar-refractivity contribution in [3.05, 3.63) is 59.7 Å². The zero-order chi connectivity index (χ0) is 13.0. The molecule has 94 valence electrons. The van der Waals surface area contributed by atoms with E-state index in [1.807, 2.05) is 0 Å². The molecule has 0 spiro atoms. The van der Waals surface area contributed by atoms with Gasteiger partial charge in [-0.1, -0.05) is 24.3 Å². The van der Waals surface area contributed by atoms with Crippen molar-refractivity contribution in [2.45, 2.75) is 13.0 Å². The zero-order valence-electron chi connectivity index (χ0n) is 9.41. The molecule has 2 rings (SSSR count). The van der Waals surface area contributed by atoms with E-state index in [0.29, 0.717) is 12.2 Å². The van der Waals surface area contributed by atoms with Gasteiger partial charge in [0.25, 0.3) is 6.43 Å². The number of rotatable bonds is 4. The largest absolute Gasteiger partial charge is 0.380 e. The molecule has 18 heavy (non-hydrogen) atoms. The molecule has 0 saturated heterocycles. The summed E-state index contributed by atoms with van der Waals surface area (Å²) >= 11 is 0. The first-order valence-corrected chi connectivity index (χ1v) is 5.36. The van der Waals surface area contributed by atoms with Crippen molar-refractivity contribution in [3.8, 4) is 0 Å². The molecule has 0 aliphatic carbocycles. The third kappa shape index (κ3) is 3.23. The average Bonchev–Trinajstić information content (AvgIpc) is 2.37. The number of hydrogen-bond donors (Lipinski definition) is 1. The zero-order valence-corrected chi connectivity index (χ0v) is 9.41. The number of anilines is 1. The lowest BCUT2D eigenvalue weighted by Gasteiger charge is -2.07. The van der Waals surface area contributed by atoms with Crippen LogP contribution in [0.15, 0.2) is 42.7 Å². The van der Waals surface area contributed by atoms with Crippen molar-refractivity contribution in [2.24, 2.45) is 0 Å². The van der Waals surface area contributed by atoms with E-state index in [-0.39, 0.29) is 5.56 Å². The van der Waals surface area contributed by atoms with Crippen LogP contribution >= 0.6 is 0 Å². The van der Waals surface area contributed by atoms with E-state index in [1.165, 1.54) is 24.4 Å². The highest BCUT2D eigenvalue weighted by atomic mass is 19.3. The van der Waals surface area contributed by atoms with Crippen LogP contribution in [0.2, 0.25) is 0 Å². The van der Waals surface area contributed by atoms with Crippen LogP contribution in [0.5, 0.6) is 0 Å². The van der Waals surface area contributed by atoms with Crippen LogP contribution in [-0.4, -0.2) is 4.98 Å². The van der Waals surface area contributed by atoms with Crippen molar-refractivity contribution >= 4 is 5.69 Å². The van der Waals surface area contributed by atoms with E-state index >= 15 is 0 Å². The highest BCUT2D eigenvalue weighted by molar-refractivity contribution is 5.41. The van der Waals surface area contributed by atoms with Gasteiger partial charge in [0.1, 0.15) is 5.82 Å². The number of halogens is 3. The Bertz CT molecular complexity index is 512. The summed E-state index contributed by atoms with van der Waals surface area (Å²) in [5.41, 5.74) is 1.38. The topological polar surface area (TPSA) is 24.9 Å². The summed E-state index contributed by atoms with van der Waals surface area (Å²) in [5, 5.41) is 2.96. The fourth-order valence-electron chi connectivity index (χ4n) is 1.49. The standard InChI is InChI=1S/C13H11F3N2/c14-11-5-12(8-17-7-11)18-6-9-1-3-10(4-2-9)13(15)16/h1-5,7-8,13,18H,6H2. The molecule has 5 heteroatoms. The molecule has 0 bridgehead atoms. The first-order chi connectivity index (χ1) is 8.65. The summed E-state index contributed by atoms with van der Waals surface area (Å²) in [4.78, 5) is 3.70.